The molecule has 1 atom stereocenters. The molecular formula is C31H52O5. The SMILES string of the molecule is C=CCCCCCCCOC[C@@H](COCCOCCOc1ccccc1)OCCCCCCCC=C. The van der Waals surface area contributed by atoms with Gasteiger partial charge in [-0.25, -0.2) is 0 Å². The Morgan fingerprint density at radius 2 is 1.08 bits per heavy atom. The van der Waals surface area contributed by atoms with Crippen molar-refractivity contribution >= 4 is 0 Å². The third kappa shape index (κ3) is 21.6. The Balaban J connectivity index is 2.10. The lowest BCUT2D eigenvalue weighted by Crippen LogP contribution is -2.27. The first kappa shape index (κ1) is 32.4. The molecule has 0 N–H and O–H groups in total. The summed E-state index contributed by atoms with van der Waals surface area (Å²) in [6, 6.07) is 9.78. The zero-order valence-corrected chi connectivity index (χ0v) is 22.7. The largest absolute Gasteiger partial charge is 0.491 e. The van der Waals surface area contributed by atoms with E-state index in [1.165, 1.54) is 51.4 Å². The molecule has 0 spiro atoms. The zero-order chi connectivity index (χ0) is 25.8. The van der Waals surface area contributed by atoms with Crippen LogP contribution >= 0.6 is 0 Å². The minimum absolute atomic E-state index is 0.0280. The molecule has 0 saturated heterocycles. The molecule has 0 aliphatic rings. The minimum Gasteiger partial charge on any atom is -0.491 e. The summed E-state index contributed by atoms with van der Waals surface area (Å²) >= 11 is 0. The Hall–Kier alpha value is -1.66. The monoisotopic (exact) mass is 504 g/mol. The third-order valence-corrected chi connectivity index (χ3v) is 5.82. The van der Waals surface area contributed by atoms with Crippen LogP contribution in [0.4, 0.5) is 0 Å². The molecule has 0 aromatic heterocycles. The number of unbranched alkanes of at least 4 members (excludes halogenated alkanes) is 10. The molecule has 0 fully saturated rings. The second-order valence-corrected chi connectivity index (χ2v) is 9.11. The fraction of sp³-hybridized carbons (Fsp3) is 0.677. The number of hydrogen-bond acceptors (Lipinski definition) is 5. The molecular weight excluding hydrogens is 452 g/mol. The highest BCUT2D eigenvalue weighted by Gasteiger charge is 2.10. The van der Waals surface area contributed by atoms with E-state index in [2.05, 4.69) is 13.2 Å². The van der Waals surface area contributed by atoms with Gasteiger partial charge in [-0.05, 0) is 50.7 Å². The van der Waals surface area contributed by atoms with E-state index in [1.807, 2.05) is 42.5 Å². The lowest BCUT2D eigenvalue weighted by molar-refractivity contribution is -0.0686. The first-order chi connectivity index (χ1) is 17.9. The maximum Gasteiger partial charge on any atom is 0.119 e. The molecule has 0 aliphatic carbocycles. The van der Waals surface area contributed by atoms with Crippen molar-refractivity contribution in [3.63, 3.8) is 0 Å². The second-order valence-electron chi connectivity index (χ2n) is 9.11. The molecule has 1 aromatic rings. The first-order valence-corrected chi connectivity index (χ1v) is 14.1. The Morgan fingerprint density at radius 3 is 1.75 bits per heavy atom. The molecule has 0 unspecified atom stereocenters. The molecule has 0 bridgehead atoms. The van der Waals surface area contributed by atoms with Crippen molar-refractivity contribution in [3.05, 3.63) is 55.6 Å². The smallest absolute Gasteiger partial charge is 0.119 e. The summed E-state index contributed by atoms with van der Waals surface area (Å²) in [5.41, 5.74) is 0. The van der Waals surface area contributed by atoms with Crippen molar-refractivity contribution in [2.45, 2.75) is 83.2 Å². The molecule has 1 aromatic carbocycles. The molecule has 36 heavy (non-hydrogen) atoms. The quantitative estimate of drug-likeness (QED) is 0.0870. The Labute approximate surface area is 221 Å². The normalized spacial score (nSPS) is 11.9. The van der Waals surface area contributed by atoms with Gasteiger partial charge in [0, 0.05) is 13.2 Å². The fourth-order valence-corrected chi connectivity index (χ4v) is 3.72. The van der Waals surface area contributed by atoms with Crippen LogP contribution in [0.25, 0.3) is 0 Å². The van der Waals surface area contributed by atoms with Gasteiger partial charge in [-0.3, -0.25) is 0 Å². The fourth-order valence-electron chi connectivity index (χ4n) is 3.72. The number of ether oxygens (including phenoxy) is 5. The predicted octanol–water partition coefficient (Wildman–Crippen LogP) is 7.55. The average Bonchev–Trinajstić information content (AvgIpc) is 2.90. The van der Waals surface area contributed by atoms with E-state index in [0.29, 0.717) is 39.6 Å². The van der Waals surface area contributed by atoms with E-state index >= 15 is 0 Å². The Bertz CT molecular complexity index is 592. The summed E-state index contributed by atoms with van der Waals surface area (Å²) in [6.07, 6.45) is 18.4. The number of rotatable bonds is 28. The highest BCUT2D eigenvalue weighted by molar-refractivity contribution is 5.20. The summed E-state index contributed by atoms with van der Waals surface area (Å²) in [4.78, 5) is 0. The van der Waals surface area contributed by atoms with E-state index in [0.717, 1.165) is 44.6 Å². The third-order valence-electron chi connectivity index (χ3n) is 5.82. The van der Waals surface area contributed by atoms with Crippen molar-refractivity contribution in [2.24, 2.45) is 0 Å². The van der Waals surface area contributed by atoms with Gasteiger partial charge in [-0.2, -0.15) is 0 Å². The topological polar surface area (TPSA) is 46.2 Å². The van der Waals surface area contributed by atoms with Crippen LogP contribution in [0.1, 0.15) is 77.0 Å². The van der Waals surface area contributed by atoms with E-state index < -0.39 is 0 Å². The summed E-state index contributed by atoms with van der Waals surface area (Å²) in [6.45, 7) is 12.4. The molecule has 0 aliphatic heterocycles. The molecule has 0 amide bonds. The van der Waals surface area contributed by atoms with Crippen LogP contribution in [-0.4, -0.2) is 59.0 Å². The highest BCUT2D eigenvalue weighted by atomic mass is 16.6. The zero-order valence-electron chi connectivity index (χ0n) is 22.7. The molecule has 5 heteroatoms. The van der Waals surface area contributed by atoms with Crippen LogP contribution < -0.4 is 4.74 Å². The molecule has 206 valence electrons. The van der Waals surface area contributed by atoms with Crippen LogP contribution in [0, 0.1) is 0 Å². The van der Waals surface area contributed by atoms with E-state index in [9.17, 15) is 0 Å². The van der Waals surface area contributed by atoms with Gasteiger partial charge in [0.25, 0.3) is 0 Å². The van der Waals surface area contributed by atoms with Gasteiger partial charge in [0.1, 0.15) is 18.5 Å². The first-order valence-electron chi connectivity index (χ1n) is 14.1. The van der Waals surface area contributed by atoms with E-state index in [-0.39, 0.29) is 6.10 Å². The van der Waals surface area contributed by atoms with Crippen LogP contribution in [0.5, 0.6) is 5.75 Å². The molecule has 0 saturated carbocycles. The minimum atomic E-state index is -0.0280. The van der Waals surface area contributed by atoms with Crippen molar-refractivity contribution in [3.8, 4) is 5.75 Å². The standard InChI is InChI=1S/C31H52O5/c1-3-5-7-9-11-13-18-22-33-28-31(35-23-19-14-12-10-8-6-4-2)29-34-25-24-32-26-27-36-30-20-16-15-17-21-30/h3-4,15-17,20-21,31H,1-2,5-14,18-19,22-29H2/t31-/m0/s1. The van der Waals surface area contributed by atoms with Gasteiger partial charge in [-0.15, -0.1) is 13.2 Å². The number of hydrogen-bond donors (Lipinski definition) is 0. The van der Waals surface area contributed by atoms with Gasteiger partial charge < -0.3 is 23.7 Å². The Morgan fingerprint density at radius 1 is 0.556 bits per heavy atom. The summed E-state index contributed by atoms with van der Waals surface area (Å²) < 4.78 is 29.1. The van der Waals surface area contributed by atoms with Gasteiger partial charge in [-0.1, -0.05) is 68.9 Å². The number of benzene rings is 1. The van der Waals surface area contributed by atoms with Crippen LogP contribution in [-0.2, 0) is 18.9 Å². The molecule has 0 radical (unpaired) electrons. The van der Waals surface area contributed by atoms with Gasteiger partial charge in [0.05, 0.1) is 33.0 Å². The maximum absolute atomic E-state index is 6.10. The van der Waals surface area contributed by atoms with Gasteiger partial charge in [0.2, 0.25) is 0 Å². The van der Waals surface area contributed by atoms with Crippen molar-refractivity contribution in [2.75, 3.05) is 52.9 Å². The summed E-state index contributed by atoms with van der Waals surface area (Å²) in [5.74, 6) is 0.863. The van der Waals surface area contributed by atoms with E-state index in [4.69, 9.17) is 23.7 Å². The van der Waals surface area contributed by atoms with Gasteiger partial charge in [0.15, 0.2) is 0 Å². The summed E-state index contributed by atoms with van der Waals surface area (Å²) in [5, 5.41) is 0. The predicted molar refractivity (Wildman–Crippen MR) is 150 cm³/mol. The Kier molecular flexibility index (Phi) is 23.7. The van der Waals surface area contributed by atoms with Crippen molar-refractivity contribution in [1.29, 1.82) is 0 Å². The molecule has 5 nitrogen and oxygen atoms in total. The molecule has 1 rings (SSSR count). The highest BCUT2D eigenvalue weighted by Crippen LogP contribution is 2.09. The van der Waals surface area contributed by atoms with Crippen LogP contribution in [0.2, 0.25) is 0 Å². The van der Waals surface area contributed by atoms with Crippen LogP contribution in [0.15, 0.2) is 55.6 Å². The number of para-hydroxylation sites is 1. The van der Waals surface area contributed by atoms with Crippen molar-refractivity contribution < 1.29 is 23.7 Å². The van der Waals surface area contributed by atoms with Crippen LogP contribution in [0.3, 0.4) is 0 Å². The van der Waals surface area contributed by atoms with Crippen molar-refractivity contribution in [1.82, 2.24) is 0 Å². The molecule has 0 heterocycles. The van der Waals surface area contributed by atoms with E-state index in [1.54, 1.807) is 0 Å². The summed E-state index contributed by atoms with van der Waals surface area (Å²) in [7, 11) is 0. The lowest BCUT2D eigenvalue weighted by Gasteiger charge is -2.18. The second kappa shape index (κ2) is 26.4. The van der Waals surface area contributed by atoms with Gasteiger partial charge >= 0.3 is 0 Å². The number of allylic oxidation sites excluding steroid dienone is 2. The maximum atomic E-state index is 6.10. The lowest BCUT2D eigenvalue weighted by atomic mass is 10.1. The average molecular weight is 505 g/mol.